The third-order valence-electron chi connectivity index (χ3n) is 5.48. The van der Waals surface area contributed by atoms with Crippen molar-refractivity contribution < 1.29 is 18.0 Å². The number of thiazole rings is 1. The van der Waals surface area contributed by atoms with Gasteiger partial charge in [-0.1, -0.05) is 18.2 Å². The Labute approximate surface area is 181 Å². The van der Waals surface area contributed by atoms with Crippen LogP contribution in [0.15, 0.2) is 53.1 Å². The first-order valence-electron chi connectivity index (χ1n) is 10.1. The Bertz CT molecular complexity index is 1200. The summed E-state index contributed by atoms with van der Waals surface area (Å²) in [6.45, 7) is 0.691. The normalized spacial score (nSPS) is 16.3. The number of rotatable bonds is 5. The van der Waals surface area contributed by atoms with Crippen molar-refractivity contribution in [2.24, 2.45) is 0 Å². The number of fused-ring (bicyclic) bond motifs is 1. The van der Waals surface area contributed by atoms with Crippen molar-refractivity contribution in [2.45, 2.75) is 31.7 Å². The second-order valence-corrected chi connectivity index (χ2v) is 8.54. The molecule has 0 aliphatic carbocycles. The van der Waals surface area contributed by atoms with Gasteiger partial charge in [0.05, 0.1) is 28.0 Å². The van der Waals surface area contributed by atoms with Crippen LogP contribution in [0.25, 0.3) is 21.5 Å². The predicted octanol–water partition coefficient (Wildman–Crippen LogP) is 5.53. The number of likely N-dealkylation sites (tertiary alicyclic amines) is 1. The maximum atomic E-state index is 14.0. The fourth-order valence-corrected chi connectivity index (χ4v) is 5.10. The smallest absolute Gasteiger partial charge is 0.223 e. The largest absolute Gasteiger partial charge is 0.441 e. The third-order valence-corrected chi connectivity index (χ3v) is 6.62. The number of halogens is 2. The van der Waals surface area contributed by atoms with Crippen LogP contribution in [0.1, 0.15) is 36.2 Å². The first-order valence-corrected chi connectivity index (χ1v) is 11.0. The molecule has 0 radical (unpaired) electrons. The molecule has 0 spiro atoms. The average Bonchev–Trinajstić information content (AvgIpc) is 3.50. The molecule has 0 N–H and O–H groups in total. The van der Waals surface area contributed by atoms with Crippen LogP contribution in [0, 0.1) is 11.6 Å². The van der Waals surface area contributed by atoms with Crippen LogP contribution in [-0.4, -0.2) is 27.3 Å². The number of hydrogen-bond acceptors (Lipinski definition) is 5. The summed E-state index contributed by atoms with van der Waals surface area (Å²) in [4.78, 5) is 23.6. The monoisotopic (exact) mass is 439 g/mol. The van der Waals surface area contributed by atoms with Gasteiger partial charge >= 0.3 is 0 Å². The molecule has 5 nitrogen and oxygen atoms in total. The number of carbonyl (C=O) groups is 1. The van der Waals surface area contributed by atoms with Gasteiger partial charge in [-0.25, -0.2) is 18.7 Å². The number of hydrogen-bond donors (Lipinski definition) is 0. The lowest BCUT2D eigenvalue weighted by Gasteiger charge is -2.22. The molecular formula is C23H19F2N3O2S. The molecule has 1 aliphatic heterocycles. The van der Waals surface area contributed by atoms with E-state index >= 15 is 0 Å². The van der Waals surface area contributed by atoms with E-state index in [9.17, 15) is 13.6 Å². The van der Waals surface area contributed by atoms with Gasteiger partial charge in [0.25, 0.3) is 0 Å². The van der Waals surface area contributed by atoms with Gasteiger partial charge in [0.1, 0.15) is 16.6 Å². The fourth-order valence-electron chi connectivity index (χ4n) is 3.99. The summed E-state index contributed by atoms with van der Waals surface area (Å²) in [6.07, 6.45) is 3.59. The topological polar surface area (TPSA) is 59.2 Å². The van der Waals surface area contributed by atoms with E-state index in [-0.39, 0.29) is 42.0 Å². The summed E-state index contributed by atoms with van der Waals surface area (Å²) < 4.78 is 34.5. The van der Waals surface area contributed by atoms with Crippen molar-refractivity contribution in [3.8, 4) is 11.3 Å². The highest BCUT2D eigenvalue weighted by atomic mass is 32.1. The number of oxazole rings is 1. The van der Waals surface area contributed by atoms with E-state index in [1.807, 2.05) is 29.2 Å². The van der Waals surface area contributed by atoms with Crippen molar-refractivity contribution in [1.82, 2.24) is 14.9 Å². The molecule has 1 unspecified atom stereocenters. The number of benzene rings is 2. The summed E-state index contributed by atoms with van der Waals surface area (Å²) >= 11 is 1.63. The maximum absolute atomic E-state index is 14.0. The molecule has 1 aliphatic rings. The molecule has 3 heterocycles. The van der Waals surface area contributed by atoms with Gasteiger partial charge in [0.15, 0.2) is 11.7 Å². The van der Waals surface area contributed by atoms with Crippen molar-refractivity contribution in [1.29, 1.82) is 0 Å². The number of nitrogens with zero attached hydrogens (tertiary/aromatic N) is 3. The number of carbonyl (C=O) groups excluding carboxylic acids is 1. The summed E-state index contributed by atoms with van der Waals surface area (Å²) in [5.74, 6) is -1.13. The van der Waals surface area contributed by atoms with Crippen LogP contribution in [0.3, 0.4) is 0 Å². The molecule has 1 saturated heterocycles. The van der Waals surface area contributed by atoms with Gasteiger partial charge in [-0.3, -0.25) is 4.79 Å². The van der Waals surface area contributed by atoms with Gasteiger partial charge in [-0.15, -0.1) is 11.3 Å². The first-order chi connectivity index (χ1) is 15.1. The Hall–Kier alpha value is -3.13. The van der Waals surface area contributed by atoms with Crippen LogP contribution in [0.4, 0.5) is 8.78 Å². The van der Waals surface area contributed by atoms with Crippen LogP contribution in [0.2, 0.25) is 0 Å². The van der Waals surface area contributed by atoms with E-state index in [2.05, 4.69) is 4.98 Å². The highest BCUT2D eigenvalue weighted by Crippen LogP contribution is 2.37. The van der Waals surface area contributed by atoms with E-state index < -0.39 is 11.6 Å². The van der Waals surface area contributed by atoms with Crippen molar-refractivity contribution in [3.63, 3.8) is 0 Å². The predicted molar refractivity (Wildman–Crippen MR) is 113 cm³/mol. The zero-order valence-corrected chi connectivity index (χ0v) is 17.4. The first kappa shape index (κ1) is 19.8. The molecule has 1 atom stereocenters. The SMILES string of the molecule is O=C(CCc1ncc(-c2c(F)cccc2F)o1)N1CCCC1c1nc2ccccc2s1. The number of amides is 1. The molecule has 1 fully saturated rings. The minimum atomic E-state index is -0.713. The molecule has 158 valence electrons. The molecular weight excluding hydrogens is 420 g/mol. The van der Waals surface area contributed by atoms with Gasteiger partial charge in [0, 0.05) is 19.4 Å². The van der Waals surface area contributed by atoms with Gasteiger partial charge in [-0.2, -0.15) is 0 Å². The molecule has 0 bridgehead atoms. The Morgan fingerprint density at radius 3 is 2.77 bits per heavy atom. The van der Waals surface area contributed by atoms with E-state index in [1.54, 1.807) is 11.3 Å². The lowest BCUT2D eigenvalue weighted by molar-refractivity contribution is -0.132. The molecule has 0 saturated carbocycles. The number of para-hydroxylation sites is 1. The molecule has 1 amide bonds. The van der Waals surface area contributed by atoms with Crippen LogP contribution in [0.5, 0.6) is 0 Å². The number of aromatic nitrogens is 2. The highest BCUT2D eigenvalue weighted by molar-refractivity contribution is 7.18. The van der Waals surface area contributed by atoms with E-state index in [0.717, 1.165) is 28.1 Å². The van der Waals surface area contributed by atoms with E-state index in [1.165, 1.54) is 24.4 Å². The molecule has 31 heavy (non-hydrogen) atoms. The minimum Gasteiger partial charge on any atom is -0.441 e. The summed E-state index contributed by atoms with van der Waals surface area (Å²) in [6, 6.07) is 11.6. The second kappa shape index (κ2) is 8.19. The standard InChI is InChI=1S/C23H19F2N3O2S/c24-14-5-3-6-15(25)22(14)18-13-26-20(30-18)10-11-21(29)28-12-4-8-17(28)23-27-16-7-1-2-9-19(16)31-23/h1-3,5-7,9,13,17H,4,8,10-12H2. The van der Waals surface area contributed by atoms with E-state index in [4.69, 9.17) is 9.40 Å². The van der Waals surface area contributed by atoms with Crippen LogP contribution in [-0.2, 0) is 11.2 Å². The molecule has 2 aromatic carbocycles. The Morgan fingerprint density at radius 2 is 1.97 bits per heavy atom. The van der Waals surface area contributed by atoms with Crippen molar-refractivity contribution >= 4 is 27.5 Å². The van der Waals surface area contributed by atoms with Crippen LogP contribution < -0.4 is 0 Å². The van der Waals surface area contributed by atoms with Crippen molar-refractivity contribution in [2.75, 3.05) is 6.54 Å². The Kier molecular flexibility index (Phi) is 5.23. The zero-order valence-electron chi connectivity index (χ0n) is 16.6. The second-order valence-electron chi connectivity index (χ2n) is 7.48. The van der Waals surface area contributed by atoms with Crippen molar-refractivity contribution in [3.05, 3.63) is 71.2 Å². The third kappa shape index (κ3) is 3.83. The quantitative estimate of drug-likeness (QED) is 0.411. The highest BCUT2D eigenvalue weighted by Gasteiger charge is 2.32. The maximum Gasteiger partial charge on any atom is 0.223 e. The fraction of sp³-hybridized carbons (Fsp3) is 0.261. The lowest BCUT2D eigenvalue weighted by Crippen LogP contribution is -2.30. The van der Waals surface area contributed by atoms with Gasteiger partial charge in [-0.05, 0) is 37.1 Å². The molecule has 2 aromatic heterocycles. The minimum absolute atomic E-state index is 0.00132. The van der Waals surface area contributed by atoms with Gasteiger partial charge in [0.2, 0.25) is 5.91 Å². The average molecular weight is 439 g/mol. The molecule has 8 heteroatoms. The molecule has 5 rings (SSSR count). The Morgan fingerprint density at radius 1 is 1.16 bits per heavy atom. The zero-order chi connectivity index (χ0) is 21.4. The molecule has 4 aromatic rings. The Balaban J connectivity index is 1.28. The van der Waals surface area contributed by atoms with E-state index in [0.29, 0.717) is 6.54 Å². The number of aryl methyl sites for hydroxylation is 1. The summed E-state index contributed by atoms with van der Waals surface area (Å²) in [5.41, 5.74) is 0.706. The lowest BCUT2D eigenvalue weighted by atomic mass is 10.1. The summed E-state index contributed by atoms with van der Waals surface area (Å²) in [5, 5.41) is 0.959. The van der Waals surface area contributed by atoms with Crippen LogP contribution >= 0.6 is 11.3 Å². The van der Waals surface area contributed by atoms with Gasteiger partial charge < -0.3 is 9.32 Å². The summed E-state index contributed by atoms with van der Waals surface area (Å²) in [7, 11) is 0.